The largest absolute Gasteiger partial charge is 0.352 e. The lowest BCUT2D eigenvalue weighted by atomic mass is 10.1. The molecule has 1 unspecified atom stereocenters. The molecule has 0 radical (unpaired) electrons. The molecule has 1 N–H and O–H groups in total. The maximum absolute atomic E-state index is 13.3. The number of amides is 1. The summed E-state index contributed by atoms with van der Waals surface area (Å²) in [4.78, 5) is 13.2. The molecule has 0 fully saturated rings. The third-order valence-electron chi connectivity index (χ3n) is 5.80. The van der Waals surface area contributed by atoms with Crippen molar-refractivity contribution in [3.63, 3.8) is 0 Å². The van der Waals surface area contributed by atoms with E-state index in [-0.39, 0.29) is 28.3 Å². The Labute approximate surface area is 195 Å². The second kappa shape index (κ2) is 9.63. The standard InChI is InChI=1S/C27H28N2O3S/c1-20-12-16-23(17-13-20)33(31,32)26-18-29(25-11-7-6-10-24(25)26)19-27(30)28-21(2)14-15-22-8-4-3-5-9-22/h3-13,16-18,21H,14-15,19H2,1-2H3,(H,28,30). The summed E-state index contributed by atoms with van der Waals surface area (Å²) in [6.07, 6.45) is 3.29. The van der Waals surface area contributed by atoms with Gasteiger partial charge in [0, 0.05) is 23.1 Å². The van der Waals surface area contributed by atoms with Gasteiger partial charge in [-0.05, 0) is 50.5 Å². The van der Waals surface area contributed by atoms with Crippen molar-refractivity contribution in [2.45, 2.75) is 49.1 Å². The predicted molar refractivity (Wildman–Crippen MR) is 131 cm³/mol. The van der Waals surface area contributed by atoms with E-state index >= 15 is 0 Å². The van der Waals surface area contributed by atoms with Crippen molar-refractivity contribution in [3.8, 4) is 0 Å². The van der Waals surface area contributed by atoms with Gasteiger partial charge in [0.1, 0.15) is 6.54 Å². The first-order valence-corrected chi connectivity index (χ1v) is 12.6. The number of nitrogens with zero attached hydrogens (tertiary/aromatic N) is 1. The molecule has 0 aliphatic heterocycles. The number of hydrogen-bond donors (Lipinski definition) is 1. The average Bonchev–Trinajstić information content (AvgIpc) is 3.18. The molecule has 0 aliphatic rings. The van der Waals surface area contributed by atoms with Crippen molar-refractivity contribution in [1.29, 1.82) is 0 Å². The molecule has 1 amide bonds. The SMILES string of the molecule is Cc1ccc(S(=O)(=O)c2cn(CC(=O)NC(C)CCc3ccccc3)c3ccccc23)cc1. The summed E-state index contributed by atoms with van der Waals surface area (Å²) < 4.78 is 28.4. The van der Waals surface area contributed by atoms with E-state index in [9.17, 15) is 13.2 Å². The molecule has 1 heterocycles. The minimum atomic E-state index is -3.71. The summed E-state index contributed by atoms with van der Waals surface area (Å²) in [5.74, 6) is -0.143. The second-order valence-corrected chi connectivity index (χ2v) is 10.4. The van der Waals surface area contributed by atoms with Gasteiger partial charge >= 0.3 is 0 Å². The van der Waals surface area contributed by atoms with E-state index in [4.69, 9.17) is 0 Å². The molecule has 1 atom stereocenters. The van der Waals surface area contributed by atoms with Crippen LogP contribution in [0.5, 0.6) is 0 Å². The van der Waals surface area contributed by atoms with E-state index in [0.717, 1.165) is 23.9 Å². The van der Waals surface area contributed by atoms with Crippen LogP contribution in [0.1, 0.15) is 24.5 Å². The first-order valence-electron chi connectivity index (χ1n) is 11.1. The molecular formula is C27H28N2O3S. The van der Waals surface area contributed by atoms with Crippen LogP contribution in [0.25, 0.3) is 10.9 Å². The van der Waals surface area contributed by atoms with Crippen molar-refractivity contribution in [2.75, 3.05) is 0 Å². The Kier molecular flexibility index (Phi) is 6.65. The van der Waals surface area contributed by atoms with Crippen molar-refractivity contribution < 1.29 is 13.2 Å². The third kappa shape index (κ3) is 5.17. The van der Waals surface area contributed by atoms with E-state index in [1.54, 1.807) is 41.1 Å². The molecule has 4 rings (SSSR count). The Morgan fingerprint density at radius 1 is 0.939 bits per heavy atom. The number of benzene rings is 3. The Bertz CT molecular complexity index is 1360. The number of rotatable bonds is 8. The van der Waals surface area contributed by atoms with Crippen LogP contribution in [0.15, 0.2) is 94.9 Å². The van der Waals surface area contributed by atoms with Crippen LogP contribution in [0, 0.1) is 6.92 Å². The summed E-state index contributed by atoms with van der Waals surface area (Å²) in [6.45, 7) is 3.96. The summed E-state index contributed by atoms with van der Waals surface area (Å²) >= 11 is 0. The highest BCUT2D eigenvalue weighted by Crippen LogP contribution is 2.30. The van der Waals surface area contributed by atoms with Crippen LogP contribution in [0.3, 0.4) is 0 Å². The monoisotopic (exact) mass is 460 g/mol. The number of nitrogens with one attached hydrogen (secondary N) is 1. The second-order valence-electron chi connectivity index (χ2n) is 8.45. The molecule has 1 aromatic heterocycles. The molecule has 0 saturated carbocycles. The lowest BCUT2D eigenvalue weighted by Gasteiger charge is -2.14. The Morgan fingerprint density at radius 3 is 2.33 bits per heavy atom. The number of para-hydroxylation sites is 1. The fourth-order valence-electron chi connectivity index (χ4n) is 3.98. The Balaban J connectivity index is 1.52. The van der Waals surface area contributed by atoms with Crippen molar-refractivity contribution in [3.05, 3.63) is 96.2 Å². The van der Waals surface area contributed by atoms with Crippen LogP contribution in [-0.4, -0.2) is 24.9 Å². The van der Waals surface area contributed by atoms with Gasteiger partial charge < -0.3 is 9.88 Å². The molecule has 3 aromatic carbocycles. The van der Waals surface area contributed by atoms with Crippen molar-refractivity contribution in [1.82, 2.24) is 9.88 Å². The topological polar surface area (TPSA) is 68.2 Å². The maximum atomic E-state index is 13.3. The fourth-order valence-corrected chi connectivity index (χ4v) is 5.45. The lowest BCUT2D eigenvalue weighted by molar-refractivity contribution is -0.122. The number of carbonyl (C=O) groups is 1. The highest BCUT2D eigenvalue weighted by molar-refractivity contribution is 7.91. The number of aryl methyl sites for hydroxylation is 2. The molecule has 4 aromatic rings. The molecule has 33 heavy (non-hydrogen) atoms. The number of carbonyl (C=O) groups excluding carboxylic acids is 1. The van der Waals surface area contributed by atoms with Gasteiger partial charge in [-0.15, -0.1) is 0 Å². The smallest absolute Gasteiger partial charge is 0.240 e. The molecule has 6 heteroatoms. The highest BCUT2D eigenvalue weighted by Gasteiger charge is 2.24. The van der Waals surface area contributed by atoms with Gasteiger partial charge in [-0.3, -0.25) is 4.79 Å². The molecular weight excluding hydrogens is 432 g/mol. The van der Waals surface area contributed by atoms with Crippen molar-refractivity contribution in [2.24, 2.45) is 0 Å². The zero-order valence-corrected chi connectivity index (χ0v) is 19.7. The van der Waals surface area contributed by atoms with E-state index in [0.29, 0.717) is 5.39 Å². The molecule has 0 saturated heterocycles. The molecule has 0 aliphatic carbocycles. The summed E-state index contributed by atoms with van der Waals surface area (Å²) in [6, 6.07) is 24.3. The summed E-state index contributed by atoms with van der Waals surface area (Å²) in [5, 5.41) is 3.65. The fraction of sp³-hybridized carbons (Fsp3) is 0.222. The summed E-state index contributed by atoms with van der Waals surface area (Å²) in [7, 11) is -3.71. The zero-order chi connectivity index (χ0) is 23.4. The Morgan fingerprint density at radius 2 is 1.61 bits per heavy atom. The predicted octanol–water partition coefficient (Wildman–Crippen LogP) is 4.92. The van der Waals surface area contributed by atoms with Crippen LogP contribution in [-0.2, 0) is 27.6 Å². The minimum Gasteiger partial charge on any atom is -0.352 e. The number of hydrogen-bond acceptors (Lipinski definition) is 3. The van der Waals surface area contributed by atoms with Gasteiger partial charge in [-0.2, -0.15) is 0 Å². The van der Waals surface area contributed by atoms with Crippen LogP contribution in [0.2, 0.25) is 0 Å². The number of fused-ring (bicyclic) bond motifs is 1. The number of sulfone groups is 1. The molecule has 0 spiro atoms. The van der Waals surface area contributed by atoms with Gasteiger partial charge in [-0.25, -0.2) is 8.42 Å². The van der Waals surface area contributed by atoms with Crippen LogP contribution in [0.4, 0.5) is 0 Å². The van der Waals surface area contributed by atoms with E-state index < -0.39 is 9.84 Å². The first-order chi connectivity index (χ1) is 15.8. The van der Waals surface area contributed by atoms with Crippen LogP contribution < -0.4 is 5.32 Å². The first kappa shape index (κ1) is 22.8. The third-order valence-corrected chi connectivity index (χ3v) is 7.60. The average molecular weight is 461 g/mol. The lowest BCUT2D eigenvalue weighted by Crippen LogP contribution is -2.35. The van der Waals surface area contributed by atoms with Crippen molar-refractivity contribution >= 4 is 26.6 Å². The van der Waals surface area contributed by atoms with Gasteiger partial charge in [0.25, 0.3) is 0 Å². The van der Waals surface area contributed by atoms with E-state index in [2.05, 4.69) is 17.4 Å². The zero-order valence-electron chi connectivity index (χ0n) is 18.9. The van der Waals surface area contributed by atoms with Gasteiger partial charge in [-0.1, -0.05) is 66.2 Å². The quantitative estimate of drug-likeness (QED) is 0.406. The minimum absolute atomic E-state index is 0.00953. The van der Waals surface area contributed by atoms with Crippen LogP contribution >= 0.6 is 0 Å². The summed E-state index contributed by atoms with van der Waals surface area (Å²) in [5.41, 5.74) is 2.95. The van der Waals surface area contributed by atoms with E-state index in [1.807, 2.05) is 50.2 Å². The maximum Gasteiger partial charge on any atom is 0.240 e. The van der Waals surface area contributed by atoms with E-state index in [1.165, 1.54) is 5.56 Å². The van der Waals surface area contributed by atoms with Gasteiger partial charge in [0.2, 0.25) is 15.7 Å². The van der Waals surface area contributed by atoms with Gasteiger partial charge in [0.15, 0.2) is 0 Å². The molecule has 5 nitrogen and oxygen atoms in total. The number of aromatic nitrogens is 1. The Hall–Kier alpha value is -3.38. The highest BCUT2D eigenvalue weighted by atomic mass is 32.2. The normalized spacial score (nSPS) is 12.5. The molecule has 170 valence electrons. The molecule has 0 bridgehead atoms. The van der Waals surface area contributed by atoms with Gasteiger partial charge in [0.05, 0.1) is 9.79 Å².